The molecule has 1 aliphatic heterocycles. The van der Waals surface area contributed by atoms with Gasteiger partial charge in [0.25, 0.3) is 0 Å². The molecular weight excluding hydrogens is 580 g/mol. The van der Waals surface area contributed by atoms with Gasteiger partial charge in [-0.2, -0.15) is 0 Å². The Morgan fingerprint density at radius 1 is 0.977 bits per heavy atom. The average molecular weight is 609 g/mol. The van der Waals surface area contributed by atoms with E-state index < -0.39 is 107 Å². The molecule has 43 heavy (non-hydrogen) atoms. The lowest BCUT2D eigenvalue weighted by molar-refractivity contribution is -0.282. The van der Waals surface area contributed by atoms with Crippen LogP contribution in [0.1, 0.15) is 19.8 Å². The molecule has 2 aromatic carbocycles. The lowest BCUT2D eigenvalue weighted by Gasteiger charge is -2.41. The van der Waals surface area contributed by atoms with Gasteiger partial charge in [-0.1, -0.05) is 0 Å². The maximum Gasteiger partial charge on any atom is 0.309 e. The van der Waals surface area contributed by atoms with Gasteiger partial charge in [0.1, 0.15) is 28.9 Å². The van der Waals surface area contributed by atoms with Crippen molar-refractivity contribution in [2.24, 2.45) is 0 Å². The molecule has 0 radical (unpaired) electrons. The molecule has 6 atom stereocenters. The molecular formula is C27H28O16. The maximum absolute atomic E-state index is 12.8. The topological polar surface area (TPSA) is 274 Å². The van der Waals surface area contributed by atoms with Gasteiger partial charge in [-0.3, -0.25) is 14.4 Å². The summed E-state index contributed by atoms with van der Waals surface area (Å²) in [5, 5.41) is 90.1. The Hall–Kier alpha value is -4.61. The summed E-state index contributed by atoms with van der Waals surface area (Å²) in [4.78, 5) is 36.1. The van der Waals surface area contributed by atoms with Crippen LogP contribution in [-0.2, 0) is 19.1 Å². The fraction of sp³-hybridized carbons (Fsp3) is 0.370. The number of hydrogen-bond donors (Lipinski definition) is 9. The molecule has 1 aliphatic rings. The molecule has 0 saturated carbocycles. The number of benzene rings is 2. The second-order valence-corrected chi connectivity index (χ2v) is 10.1. The number of esters is 1. The maximum atomic E-state index is 12.8. The number of hydrogen-bond acceptors (Lipinski definition) is 15. The number of aromatic hydroxyl groups is 4. The molecule has 16 heteroatoms. The number of aliphatic hydroxyl groups is 4. The quantitative estimate of drug-likeness (QED) is 0.111. The van der Waals surface area contributed by atoms with E-state index in [0.29, 0.717) is 0 Å². The first-order valence-corrected chi connectivity index (χ1v) is 12.6. The molecule has 0 bridgehead atoms. The molecule has 9 N–H and O–H groups in total. The number of fused-ring (bicyclic) bond motifs is 1. The number of rotatable bonds is 9. The number of carbonyl (C=O) groups is 2. The molecule has 232 valence electrons. The van der Waals surface area contributed by atoms with E-state index in [1.165, 1.54) is 6.07 Å². The predicted octanol–water partition coefficient (Wildman–Crippen LogP) is -0.372. The van der Waals surface area contributed by atoms with Gasteiger partial charge in [0.05, 0.1) is 25.0 Å². The average Bonchev–Trinajstić information content (AvgIpc) is 2.91. The van der Waals surface area contributed by atoms with Crippen molar-refractivity contribution in [3.8, 4) is 40.1 Å². The highest BCUT2D eigenvalue weighted by Gasteiger charge is 2.48. The second kappa shape index (κ2) is 11.9. The highest BCUT2D eigenvalue weighted by atomic mass is 16.7. The van der Waals surface area contributed by atoms with Gasteiger partial charge in [-0.15, -0.1) is 0 Å². The van der Waals surface area contributed by atoms with Gasteiger partial charge >= 0.3 is 11.9 Å². The SMILES string of the molecule is CC(O)(CC(=O)O)CC(=O)OC1C(O)C(CO)OC(Oc2cc3oc(-c4ccc(O)c(O)c4)cc(=O)c3c(O)c2O)C1O. The number of aliphatic hydroxyl groups excluding tert-OH is 3. The summed E-state index contributed by atoms with van der Waals surface area (Å²) < 4.78 is 21.6. The van der Waals surface area contributed by atoms with Gasteiger partial charge in [0.15, 0.2) is 40.6 Å². The van der Waals surface area contributed by atoms with Crippen LogP contribution in [0.3, 0.4) is 0 Å². The van der Waals surface area contributed by atoms with Crippen LogP contribution >= 0.6 is 0 Å². The van der Waals surface area contributed by atoms with E-state index in [0.717, 1.165) is 31.2 Å². The third-order valence-corrected chi connectivity index (χ3v) is 6.58. The van der Waals surface area contributed by atoms with E-state index in [1.54, 1.807) is 0 Å². The molecule has 0 amide bonds. The van der Waals surface area contributed by atoms with Crippen LogP contribution in [0.2, 0.25) is 0 Å². The van der Waals surface area contributed by atoms with E-state index in [4.69, 9.17) is 23.7 Å². The lowest BCUT2D eigenvalue weighted by atomic mass is 9.97. The van der Waals surface area contributed by atoms with Crippen LogP contribution < -0.4 is 10.2 Å². The lowest BCUT2D eigenvalue weighted by Crippen LogP contribution is -2.61. The summed E-state index contributed by atoms with van der Waals surface area (Å²) in [7, 11) is 0. The molecule has 0 aliphatic carbocycles. The summed E-state index contributed by atoms with van der Waals surface area (Å²) >= 11 is 0. The summed E-state index contributed by atoms with van der Waals surface area (Å²) in [6, 6.07) is 5.48. The fourth-order valence-corrected chi connectivity index (χ4v) is 4.49. The number of carbonyl (C=O) groups excluding carboxylic acids is 1. The Morgan fingerprint density at radius 2 is 1.67 bits per heavy atom. The monoisotopic (exact) mass is 608 g/mol. The standard InChI is InChI=1S/C27H28O16/c1-27(39,7-18(32)33)8-19(34)43-25-22(36)17(9-28)42-26(24(25)38)41-16-6-15-20(23(37)21(16)35)13(31)5-14(40-15)10-2-3-11(29)12(30)4-10/h2-6,17,22,24-26,28-30,35-39H,7-9H2,1H3,(H,32,33). The Bertz CT molecular complexity index is 1590. The summed E-state index contributed by atoms with van der Waals surface area (Å²) in [6.07, 6.45) is -10.7. The van der Waals surface area contributed by atoms with Crippen LogP contribution in [-0.4, -0.2) is 101 Å². The molecule has 0 spiro atoms. The molecule has 6 unspecified atom stereocenters. The molecule has 1 saturated heterocycles. The van der Waals surface area contributed by atoms with Gasteiger partial charge < -0.3 is 64.6 Å². The molecule has 3 aromatic rings. The van der Waals surface area contributed by atoms with Gasteiger partial charge in [0, 0.05) is 17.7 Å². The zero-order valence-electron chi connectivity index (χ0n) is 22.3. The fourth-order valence-electron chi connectivity index (χ4n) is 4.49. The van der Waals surface area contributed by atoms with Crippen molar-refractivity contribution in [1.82, 2.24) is 0 Å². The van der Waals surface area contributed by atoms with E-state index in [-0.39, 0.29) is 16.9 Å². The van der Waals surface area contributed by atoms with Crippen molar-refractivity contribution >= 4 is 22.9 Å². The largest absolute Gasteiger partial charge is 0.504 e. The number of phenols is 4. The molecule has 1 aromatic heterocycles. The van der Waals surface area contributed by atoms with Crippen LogP contribution in [0.25, 0.3) is 22.3 Å². The van der Waals surface area contributed by atoms with Crippen LogP contribution in [0.15, 0.2) is 39.5 Å². The Labute approximate surface area is 240 Å². The van der Waals surface area contributed by atoms with Crippen molar-refractivity contribution in [2.75, 3.05) is 6.61 Å². The van der Waals surface area contributed by atoms with Crippen molar-refractivity contribution in [2.45, 2.75) is 56.1 Å². The number of carboxylic acid groups (broad SMARTS) is 1. The number of phenolic OH excluding ortho intramolecular Hbond substituents is 4. The van der Waals surface area contributed by atoms with Crippen LogP contribution in [0, 0.1) is 0 Å². The van der Waals surface area contributed by atoms with Gasteiger partial charge in [-0.25, -0.2) is 0 Å². The smallest absolute Gasteiger partial charge is 0.309 e. The zero-order valence-corrected chi connectivity index (χ0v) is 22.3. The van der Waals surface area contributed by atoms with Crippen molar-refractivity contribution in [3.63, 3.8) is 0 Å². The summed E-state index contributed by atoms with van der Waals surface area (Å²) in [5.41, 5.74) is -3.03. The van der Waals surface area contributed by atoms with Crippen LogP contribution in [0.4, 0.5) is 0 Å². The third-order valence-electron chi connectivity index (χ3n) is 6.58. The first kappa shape index (κ1) is 31.3. The zero-order chi connectivity index (χ0) is 31.8. The number of carboxylic acids is 1. The second-order valence-electron chi connectivity index (χ2n) is 10.1. The first-order chi connectivity index (χ1) is 20.1. The molecule has 2 heterocycles. The predicted molar refractivity (Wildman–Crippen MR) is 140 cm³/mol. The van der Waals surface area contributed by atoms with E-state index >= 15 is 0 Å². The minimum absolute atomic E-state index is 0.119. The summed E-state index contributed by atoms with van der Waals surface area (Å²) in [5.74, 6) is -6.27. The van der Waals surface area contributed by atoms with E-state index in [1.807, 2.05) is 0 Å². The first-order valence-electron chi connectivity index (χ1n) is 12.6. The number of aliphatic carboxylic acids is 1. The van der Waals surface area contributed by atoms with E-state index in [9.17, 15) is 55.2 Å². The van der Waals surface area contributed by atoms with Gasteiger partial charge in [-0.05, 0) is 25.1 Å². The van der Waals surface area contributed by atoms with Crippen molar-refractivity contribution < 1.29 is 74.2 Å². The highest BCUT2D eigenvalue weighted by molar-refractivity contribution is 5.89. The molecule has 16 nitrogen and oxygen atoms in total. The van der Waals surface area contributed by atoms with Crippen molar-refractivity contribution in [1.29, 1.82) is 0 Å². The van der Waals surface area contributed by atoms with E-state index in [2.05, 4.69) is 0 Å². The number of ether oxygens (including phenoxy) is 3. The Morgan fingerprint density at radius 3 is 2.30 bits per heavy atom. The van der Waals surface area contributed by atoms with Crippen molar-refractivity contribution in [3.05, 3.63) is 40.6 Å². The minimum Gasteiger partial charge on any atom is -0.504 e. The highest BCUT2D eigenvalue weighted by Crippen LogP contribution is 2.43. The van der Waals surface area contributed by atoms with Gasteiger partial charge in [0.2, 0.25) is 12.0 Å². The van der Waals surface area contributed by atoms with Crippen LogP contribution in [0.5, 0.6) is 28.7 Å². The minimum atomic E-state index is -2.04. The Balaban J connectivity index is 1.65. The molecule has 4 rings (SSSR count). The Kier molecular flexibility index (Phi) is 8.70. The molecule has 1 fully saturated rings. The summed E-state index contributed by atoms with van der Waals surface area (Å²) in [6.45, 7) is 0.190. The normalized spacial score (nSPS) is 23.4. The third kappa shape index (κ3) is 6.58.